The molecule has 0 aliphatic heterocycles. The molecule has 0 spiro atoms. The molecule has 0 saturated heterocycles. The average molecular weight is 342 g/mol. The maximum Gasteiger partial charge on any atom is 2.00 e. The van der Waals surface area contributed by atoms with Crippen LogP contribution in [-0.2, 0) is 21.8 Å². The Morgan fingerprint density at radius 2 is 1.48 bits per heavy atom. The van der Waals surface area contributed by atoms with Gasteiger partial charge in [0.2, 0.25) is 0 Å². The van der Waals surface area contributed by atoms with E-state index >= 15 is 0 Å². The molecule has 0 aromatic carbocycles. The molecular formula is C18H38FeO2. The molecular weight excluding hydrogens is 304 g/mol. The number of rotatable bonds is 6. The zero-order valence-electron chi connectivity index (χ0n) is 14.6. The third-order valence-corrected chi connectivity index (χ3v) is 4.39. The van der Waals surface area contributed by atoms with Crippen molar-refractivity contribution in [1.82, 2.24) is 0 Å². The van der Waals surface area contributed by atoms with Crippen LogP contribution in [0.2, 0.25) is 0 Å². The minimum atomic E-state index is 0. The third-order valence-electron chi connectivity index (χ3n) is 4.39. The summed E-state index contributed by atoms with van der Waals surface area (Å²) < 4.78 is 5.23. The summed E-state index contributed by atoms with van der Waals surface area (Å²) in [4.78, 5) is 0. The number of aliphatic hydroxyl groups is 1. The van der Waals surface area contributed by atoms with E-state index in [9.17, 15) is 0 Å². The van der Waals surface area contributed by atoms with Crippen LogP contribution in [0.3, 0.4) is 0 Å². The van der Waals surface area contributed by atoms with Gasteiger partial charge in [0.15, 0.2) is 0 Å². The Morgan fingerprint density at radius 3 is 1.90 bits per heavy atom. The van der Waals surface area contributed by atoms with Gasteiger partial charge in [-0.3, -0.25) is 0 Å². The Labute approximate surface area is 144 Å². The molecule has 1 N–H and O–H groups in total. The Kier molecular flexibility index (Phi) is 23.2. The van der Waals surface area contributed by atoms with Crippen LogP contribution in [-0.4, -0.2) is 24.9 Å². The molecule has 2 atom stereocenters. The molecule has 21 heavy (non-hydrogen) atoms. The van der Waals surface area contributed by atoms with Gasteiger partial charge in [-0.05, 0) is 24.7 Å². The van der Waals surface area contributed by atoms with Crippen molar-refractivity contribution in [2.24, 2.45) is 11.8 Å². The van der Waals surface area contributed by atoms with Crippen LogP contribution in [0.15, 0.2) is 0 Å². The summed E-state index contributed by atoms with van der Waals surface area (Å²) in [6.45, 7) is 3.84. The number of hydrogen-bond donors (Lipinski definition) is 1. The second kappa shape index (κ2) is 18.5. The Morgan fingerprint density at radius 1 is 0.905 bits per heavy atom. The van der Waals surface area contributed by atoms with Crippen LogP contribution < -0.4 is 0 Å². The summed E-state index contributed by atoms with van der Waals surface area (Å²) in [7, 11) is 0. The second-order valence-corrected chi connectivity index (χ2v) is 5.91. The standard InChI is InChI=1S/C11H22O2.C5H10.2CH3.Fe/c1-10-4-2-5-11(10)6-3-8-13-9-7-12;1-2-4-5-3-1;;;/h10-12H,2-9H2,1H3;1-5H2;2*1H3;/q;;2*-1;+2. The molecule has 0 heterocycles. The topological polar surface area (TPSA) is 29.5 Å². The second-order valence-electron chi connectivity index (χ2n) is 5.91. The fourth-order valence-electron chi connectivity index (χ4n) is 3.15. The van der Waals surface area contributed by atoms with E-state index < -0.39 is 0 Å². The van der Waals surface area contributed by atoms with Gasteiger partial charge in [0.25, 0.3) is 0 Å². The predicted octanol–water partition coefficient (Wildman–Crippen LogP) is 5.06. The molecule has 2 rings (SSSR count). The Balaban J connectivity index is -0.000000349. The molecule has 2 unspecified atom stereocenters. The molecule has 2 aliphatic rings. The first-order valence-corrected chi connectivity index (χ1v) is 8.03. The minimum Gasteiger partial charge on any atom is -0.394 e. The molecule has 2 fully saturated rings. The van der Waals surface area contributed by atoms with Crippen LogP contribution in [0.5, 0.6) is 0 Å². The number of aliphatic hydroxyl groups excluding tert-OH is 1. The minimum absolute atomic E-state index is 0. The van der Waals surface area contributed by atoms with Gasteiger partial charge in [-0.25, -0.2) is 0 Å². The summed E-state index contributed by atoms with van der Waals surface area (Å²) in [5, 5.41) is 8.49. The van der Waals surface area contributed by atoms with Crippen molar-refractivity contribution < 1.29 is 26.9 Å². The van der Waals surface area contributed by atoms with E-state index in [0.29, 0.717) is 6.61 Å². The quantitative estimate of drug-likeness (QED) is 0.415. The van der Waals surface area contributed by atoms with Crippen molar-refractivity contribution in [2.45, 2.75) is 71.1 Å². The molecule has 0 bridgehead atoms. The van der Waals surface area contributed by atoms with Crippen LogP contribution in [0.1, 0.15) is 71.1 Å². The summed E-state index contributed by atoms with van der Waals surface area (Å²) in [5.41, 5.74) is 0. The predicted molar refractivity (Wildman–Crippen MR) is 89.6 cm³/mol. The SMILES string of the molecule is C1CCCC1.CC1CCCC1CCCOCCO.[CH3-].[CH3-].[Fe+2]. The fourth-order valence-corrected chi connectivity index (χ4v) is 3.15. The maximum absolute atomic E-state index is 8.49. The van der Waals surface area contributed by atoms with E-state index in [2.05, 4.69) is 6.92 Å². The summed E-state index contributed by atoms with van der Waals surface area (Å²) in [6, 6.07) is 0. The zero-order valence-corrected chi connectivity index (χ0v) is 15.7. The van der Waals surface area contributed by atoms with Crippen LogP contribution >= 0.6 is 0 Å². The zero-order chi connectivity index (χ0) is 13.1. The molecule has 0 amide bonds. The normalized spacial score (nSPS) is 23.1. The monoisotopic (exact) mass is 342 g/mol. The van der Waals surface area contributed by atoms with Gasteiger partial charge in [0.05, 0.1) is 13.2 Å². The number of ether oxygens (including phenoxy) is 1. The van der Waals surface area contributed by atoms with Crippen molar-refractivity contribution in [3.63, 3.8) is 0 Å². The van der Waals surface area contributed by atoms with E-state index in [1.807, 2.05) is 0 Å². The van der Waals surface area contributed by atoms with Gasteiger partial charge in [0.1, 0.15) is 0 Å². The van der Waals surface area contributed by atoms with E-state index in [0.717, 1.165) is 24.9 Å². The molecule has 130 valence electrons. The summed E-state index contributed by atoms with van der Waals surface area (Å²) in [6.07, 6.45) is 14.2. The van der Waals surface area contributed by atoms with E-state index in [4.69, 9.17) is 9.84 Å². The van der Waals surface area contributed by atoms with E-state index in [-0.39, 0.29) is 38.5 Å². The van der Waals surface area contributed by atoms with Gasteiger partial charge in [-0.2, -0.15) is 0 Å². The van der Waals surface area contributed by atoms with Crippen molar-refractivity contribution >= 4 is 0 Å². The molecule has 0 aromatic rings. The van der Waals surface area contributed by atoms with Gasteiger partial charge in [0, 0.05) is 6.61 Å². The first kappa shape index (κ1) is 26.3. The molecule has 3 heteroatoms. The maximum atomic E-state index is 8.49. The van der Waals surface area contributed by atoms with Gasteiger partial charge in [-0.15, -0.1) is 0 Å². The Hall–Kier alpha value is 0.439. The average Bonchev–Trinajstić information content (AvgIpc) is 3.04. The molecule has 0 radical (unpaired) electrons. The van der Waals surface area contributed by atoms with Crippen LogP contribution in [0.4, 0.5) is 0 Å². The van der Waals surface area contributed by atoms with Crippen molar-refractivity contribution in [1.29, 1.82) is 0 Å². The van der Waals surface area contributed by atoms with Crippen molar-refractivity contribution in [3.05, 3.63) is 14.9 Å². The smallest absolute Gasteiger partial charge is 0.394 e. The summed E-state index contributed by atoms with van der Waals surface area (Å²) >= 11 is 0. The Bertz CT molecular complexity index is 176. The fraction of sp³-hybridized carbons (Fsp3) is 0.889. The molecule has 0 aromatic heterocycles. The third kappa shape index (κ3) is 13.8. The van der Waals surface area contributed by atoms with Gasteiger partial charge in [-0.1, -0.05) is 58.3 Å². The number of hydrogen-bond acceptors (Lipinski definition) is 2. The van der Waals surface area contributed by atoms with E-state index in [1.54, 1.807) is 0 Å². The van der Waals surface area contributed by atoms with E-state index in [1.165, 1.54) is 57.8 Å². The van der Waals surface area contributed by atoms with Gasteiger partial charge >= 0.3 is 17.1 Å². The summed E-state index contributed by atoms with van der Waals surface area (Å²) in [5.74, 6) is 1.87. The largest absolute Gasteiger partial charge is 2.00 e. The first-order valence-electron chi connectivity index (χ1n) is 8.03. The van der Waals surface area contributed by atoms with Crippen LogP contribution in [0.25, 0.3) is 0 Å². The molecule has 2 aliphatic carbocycles. The van der Waals surface area contributed by atoms with Gasteiger partial charge < -0.3 is 24.7 Å². The van der Waals surface area contributed by atoms with Crippen molar-refractivity contribution in [2.75, 3.05) is 19.8 Å². The van der Waals surface area contributed by atoms with Crippen LogP contribution in [0, 0.1) is 26.7 Å². The molecule has 2 saturated carbocycles. The van der Waals surface area contributed by atoms with Crippen molar-refractivity contribution in [3.8, 4) is 0 Å². The molecule has 2 nitrogen and oxygen atoms in total. The first-order chi connectivity index (χ1) is 8.84.